The van der Waals surface area contributed by atoms with Crippen LogP contribution >= 0.6 is 11.3 Å². The highest BCUT2D eigenvalue weighted by molar-refractivity contribution is 7.13. The van der Waals surface area contributed by atoms with E-state index >= 15 is 0 Å². The number of halogens is 2. The van der Waals surface area contributed by atoms with Crippen molar-refractivity contribution in [2.75, 3.05) is 11.4 Å². The molecule has 27 heavy (non-hydrogen) atoms. The number of rotatable bonds is 6. The van der Waals surface area contributed by atoms with E-state index in [0.29, 0.717) is 33.6 Å². The van der Waals surface area contributed by atoms with E-state index in [4.69, 9.17) is 4.74 Å². The summed E-state index contributed by atoms with van der Waals surface area (Å²) in [6.07, 6.45) is 0. The second-order valence-corrected chi connectivity index (χ2v) is 6.88. The van der Waals surface area contributed by atoms with E-state index in [-0.39, 0.29) is 18.3 Å². The third-order valence-electron chi connectivity index (χ3n) is 3.89. The van der Waals surface area contributed by atoms with Crippen LogP contribution in [0.5, 0.6) is 5.75 Å². The van der Waals surface area contributed by atoms with Gasteiger partial charge in [0, 0.05) is 12.2 Å². The zero-order chi connectivity index (χ0) is 19.4. The normalized spacial score (nSPS) is 10.7. The van der Waals surface area contributed by atoms with Crippen molar-refractivity contribution in [2.24, 2.45) is 0 Å². The lowest BCUT2D eigenvalue weighted by molar-refractivity contribution is 0.0991. The number of amides is 1. The lowest BCUT2D eigenvalue weighted by Crippen LogP contribution is -2.30. The van der Waals surface area contributed by atoms with Gasteiger partial charge in [-0.3, -0.25) is 4.79 Å². The summed E-state index contributed by atoms with van der Waals surface area (Å²) in [4.78, 5) is 19.3. The number of hydrogen-bond acceptors (Lipinski definition) is 4. The minimum Gasteiger partial charge on any atom is -0.486 e. The van der Waals surface area contributed by atoms with Gasteiger partial charge in [0.2, 0.25) is 0 Å². The third-order valence-corrected chi connectivity index (χ3v) is 5.01. The van der Waals surface area contributed by atoms with Crippen LogP contribution in [0.4, 0.5) is 14.5 Å². The van der Waals surface area contributed by atoms with Crippen molar-refractivity contribution in [1.82, 2.24) is 4.98 Å². The molecule has 0 aliphatic heterocycles. The highest BCUT2D eigenvalue weighted by Crippen LogP contribution is 2.25. The number of carbonyl (C=O) groups is 1. The Hall–Kier alpha value is -2.80. The van der Waals surface area contributed by atoms with Crippen molar-refractivity contribution >= 4 is 22.9 Å². The zero-order valence-corrected chi connectivity index (χ0v) is 15.7. The molecule has 0 N–H and O–H groups in total. The number of nitrogens with zero attached hydrogens (tertiary/aromatic N) is 2. The minimum absolute atomic E-state index is 0.177. The van der Waals surface area contributed by atoms with Crippen LogP contribution in [0.1, 0.15) is 27.3 Å². The van der Waals surface area contributed by atoms with E-state index in [2.05, 4.69) is 4.98 Å². The molecule has 3 rings (SSSR count). The first-order valence-corrected chi connectivity index (χ1v) is 9.21. The molecule has 3 aromatic rings. The highest BCUT2D eigenvalue weighted by Gasteiger charge is 2.22. The Labute approximate surface area is 160 Å². The van der Waals surface area contributed by atoms with Crippen LogP contribution in [0.15, 0.2) is 48.5 Å². The maximum absolute atomic E-state index is 13.5. The molecule has 4 nitrogen and oxygen atoms in total. The predicted octanol–water partition coefficient (Wildman–Crippen LogP) is 4.98. The van der Waals surface area contributed by atoms with Gasteiger partial charge in [0.1, 0.15) is 33.9 Å². The number of carbonyl (C=O) groups excluding carboxylic acids is 1. The number of anilines is 1. The topological polar surface area (TPSA) is 42.4 Å². The highest BCUT2D eigenvalue weighted by atomic mass is 32.1. The fourth-order valence-corrected chi connectivity index (χ4v) is 3.53. The number of hydrogen-bond donors (Lipinski definition) is 0. The van der Waals surface area contributed by atoms with Gasteiger partial charge in [-0.1, -0.05) is 6.07 Å². The fraction of sp³-hybridized carbons (Fsp3) is 0.200. The first-order valence-electron chi connectivity index (χ1n) is 8.40. The molecule has 0 radical (unpaired) electrons. The SMILES string of the molecule is CCN(C(=O)c1sc(COc2ccc(F)cc2)nc1C)c1cccc(F)c1. The second-order valence-electron chi connectivity index (χ2n) is 5.79. The summed E-state index contributed by atoms with van der Waals surface area (Å²) in [7, 11) is 0. The van der Waals surface area contributed by atoms with E-state index in [1.54, 1.807) is 19.1 Å². The Morgan fingerprint density at radius 2 is 1.89 bits per heavy atom. The van der Waals surface area contributed by atoms with Crippen molar-refractivity contribution in [3.05, 3.63) is 75.7 Å². The molecule has 7 heteroatoms. The molecule has 140 valence electrons. The molecule has 0 unspecified atom stereocenters. The number of ether oxygens (including phenoxy) is 1. The zero-order valence-electron chi connectivity index (χ0n) is 14.9. The molecule has 0 atom stereocenters. The first kappa shape index (κ1) is 19.0. The van der Waals surface area contributed by atoms with Crippen LogP contribution in [-0.2, 0) is 6.61 Å². The quantitative estimate of drug-likeness (QED) is 0.598. The van der Waals surface area contributed by atoms with Crippen LogP contribution in [0.3, 0.4) is 0 Å². The van der Waals surface area contributed by atoms with E-state index in [1.807, 2.05) is 6.92 Å². The molecule has 1 heterocycles. The molecule has 0 spiro atoms. The Kier molecular flexibility index (Phi) is 5.81. The van der Waals surface area contributed by atoms with Gasteiger partial charge in [0.25, 0.3) is 5.91 Å². The molecule has 1 aromatic heterocycles. The van der Waals surface area contributed by atoms with Crippen LogP contribution in [0.25, 0.3) is 0 Å². The van der Waals surface area contributed by atoms with Crippen LogP contribution < -0.4 is 9.64 Å². The maximum atomic E-state index is 13.5. The number of benzene rings is 2. The summed E-state index contributed by atoms with van der Waals surface area (Å²) >= 11 is 1.24. The van der Waals surface area contributed by atoms with Gasteiger partial charge in [0.05, 0.1) is 5.69 Å². The van der Waals surface area contributed by atoms with Gasteiger partial charge in [-0.05, 0) is 56.3 Å². The molecule has 0 aliphatic carbocycles. The number of aryl methyl sites for hydroxylation is 1. The second kappa shape index (κ2) is 8.26. The largest absolute Gasteiger partial charge is 0.486 e. The summed E-state index contributed by atoms with van der Waals surface area (Å²) in [5.41, 5.74) is 1.09. The summed E-state index contributed by atoms with van der Waals surface area (Å²) in [5, 5.41) is 0.635. The molecular weight excluding hydrogens is 370 g/mol. The molecule has 0 aliphatic rings. The van der Waals surface area contributed by atoms with Crippen molar-refractivity contribution in [3.63, 3.8) is 0 Å². The van der Waals surface area contributed by atoms with Crippen LogP contribution in [0.2, 0.25) is 0 Å². The summed E-state index contributed by atoms with van der Waals surface area (Å²) < 4.78 is 32.0. The summed E-state index contributed by atoms with van der Waals surface area (Å²) in [5.74, 6) is -0.441. The monoisotopic (exact) mass is 388 g/mol. The Morgan fingerprint density at radius 1 is 1.15 bits per heavy atom. The summed E-state index contributed by atoms with van der Waals surface area (Å²) in [6, 6.07) is 11.6. The van der Waals surface area contributed by atoms with Crippen LogP contribution in [0, 0.1) is 18.6 Å². The third kappa shape index (κ3) is 4.49. The standard InChI is InChI=1S/C20H18F2N2O2S/c1-3-24(16-6-4-5-15(22)11-16)20(25)19-13(2)23-18(27-19)12-26-17-9-7-14(21)8-10-17/h4-11H,3,12H2,1-2H3. The Balaban J connectivity index is 1.76. The molecule has 0 saturated heterocycles. The molecular formula is C20H18F2N2O2S. The van der Waals surface area contributed by atoms with Crippen molar-refractivity contribution in [3.8, 4) is 5.75 Å². The molecule has 1 amide bonds. The minimum atomic E-state index is -0.395. The average molecular weight is 388 g/mol. The summed E-state index contributed by atoms with van der Waals surface area (Å²) in [6.45, 7) is 4.17. The fourth-order valence-electron chi connectivity index (χ4n) is 2.60. The van der Waals surface area contributed by atoms with E-state index in [0.717, 1.165) is 0 Å². The molecule has 0 saturated carbocycles. The van der Waals surface area contributed by atoms with E-state index in [1.165, 1.54) is 52.6 Å². The molecule has 2 aromatic carbocycles. The smallest absolute Gasteiger partial charge is 0.270 e. The lowest BCUT2D eigenvalue weighted by Gasteiger charge is -2.20. The van der Waals surface area contributed by atoms with Crippen molar-refractivity contribution in [1.29, 1.82) is 0 Å². The van der Waals surface area contributed by atoms with Gasteiger partial charge in [-0.25, -0.2) is 13.8 Å². The average Bonchev–Trinajstić information content (AvgIpc) is 3.02. The van der Waals surface area contributed by atoms with Gasteiger partial charge < -0.3 is 9.64 Å². The molecule has 0 fully saturated rings. The Bertz CT molecular complexity index is 941. The van der Waals surface area contributed by atoms with Gasteiger partial charge in [-0.15, -0.1) is 11.3 Å². The number of thiazole rings is 1. The first-order chi connectivity index (χ1) is 13.0. The van der Waals surface area contributed by atoms with Crippen molar-refractivity contribution in [2.45, 2.75) is 20.5 Å². The lowest BCUT2D eigenvalue weighted by atomic mass is 10.2. The van der Waals surface area contributed by atoms with Crippen molar-refractivity contribution < 1.29 is 18.3 Å². The van der Waals surface area contributed by atoms with Gasteiger partial charge in [-0.2, -0.15) is 0 Å². The Morgan fingerprint density at radius 3 is 2.56 bits per heavy atom. The van der Waals surface area contributed by atoms with Crippen LogP contribution in [-0.4, -0.2) is 17.4 Å². The van der Waals surface area contributed by atoms with E-state index in [9.17, 15) is 13.6 Å². The van der Waals surface area contributed by atoms with E-state index < -0.39 is 5.82 Å². The molecule has 0 bridgehead atoms. The number of aromatic nitrogens is 1. The van der Waals surface area contributed by atoms with Gasteiger partial charge in [0.15, 0.2) is 0 Å². The maximum Gasteiger partial charge on any atom is 0.270 e. The predicted molar refractivity (Wildman–Crippen MR) is 101 cm³/mol. The van der Waals surface area contributed by atoms with Gasteiger partial charge >= 0.3 is 0 Å².